The zero-order chi connectivity index (χ0) is 12.3. The topological polar surface area (TPSA) is 38.7 Å². The summed E-state index contributed by atoms with van der Waals surface area (Å²) in [6.45, 7) is 10.6. The highest BCUT2D eigenvalue weighted by Crippen LogP contribution is 2.33. The molecule has 1 heterocycles. The highest BCUT2D eigenvalue weighted by Gasteiger charge is 2.36. The van der Waals surface area contributed by atoms with Crippen molar-refractivity contribution in [3.05, 3.63) is 0 Å². The van der Waals surface area contributed by atoms with E-state index in [1.165, 1.54) is 0 Å². The molecule has 0 bridgehead atoms. The molecule has 1 aliphatic rings. The van der Waals surface area contributed by atoms with E-state index in [1.807, 2.05) is 20.8 Å². The molecule has 1 saturated heterocycles. The Bertz CT molecular complexity index is 205. The van der Waals surface area contributed by atoms with Gasteiger partial charge in [0, 0.05) is 18.4 Å². The molecule has 0 aliphatic carbocycles. The lowest BCUT2D eigenvalue weighted by molar-refractivity contribution is -0.255. The minimum atomic E-state index is -0.116. The van der Waals surface area contributed by atoms with E-state index in [4.69, 9.17) is 9.47 Å². The summed E-state index contributed by atoms with van der Waals surface area (Å²) in [5, 5.41) is 9.22. The molecule has 3 nitrogen and oxygen atoms in total. The fourth-order valence-corrected chi connectivity index (χ4v) is 2.49. The summed E-state index contributed by atoms with van der Waals surface area (Å²) in [6.07, 6.45) is 1.29. The van der Waals surface area contributed by atoms with Crippen LogP contribution in [0.5, 0.6) is 0 Å². The van der Waals surface area contributed by atoms with Gasteiger partial charge in [-0.2, -0.15) is 0 Å². The van der Waals surface area contributed by atoms with Crippen molar-refractivity contribution in [2.75, 3.05) is 6.61 Å². The summed E-state index contributed by atoms with van der Waals surface area (Å²) in [4.78, 5) is 0. The molecule has 1 rings (SSSR count). The molecular weight excluding hydrogens is 204 g/mol. The zero-order valence-electron chi connectivity index (χ0n) is 11.1. The van der Waals surface area contributed by atoms with E-state index in [2.05, 4.69) is 13.8 Å². The van der Waals surface area contributed by atoms with E-state index < -0.39 is 0 Å². The van der Waals surface area contributed by atoms with Gasteiger partial charge in [0.1, 0.15) is 0 Å². The molecule has 1 aliphatic heterocycles. The Morgan fingerprint density at radius 2 is 1.88 bits per heavy atom. The minimum Gasteiger partial charge on any atom is -0.396 e. The molecule has 1 fully saturated rings. The molecule has 0 saturated carbocycles. The van der Waals surface area contributed by atoms with Crippen LogP contribution >= 0.6 is 0 Å². The second kappa shape index (κ2) is 5.99. The van der Waals surface area contributed by atoms with Crippen LogP contribution in [-0.4, -0.2) is 30.2 Å². The van der Waals surface area contributed by atoms with Gasteiger partial charge in [-0.05, 0) is 26.2 Å². The fraction of sp³-hybridized carbons (Fsp3) is 1.00. The quantitative estimate of drug-likeness (QED) is 0.806. The fourth-order valence-electron chi connectivity index (χ4n) is 2.49. The van der Waals surface area contributed by atoms with Gasteiger partial charge in [0.25, 0.3) is 0 Å². The number of aliphatic hydroxyl groups excluding tert-OH is 1. The minimum absolute atomic E-state index is 0.116. The molecule has 0 aromatic carbocycles. The Balaban J connectivity index is 2.61. The molecule has 0 amide bonds. The van der Waals surface area contributed by atoms with E-state index in [0.717, 1.165) is 6.42 Å². The normalized spacial score (nSPS) is 37.7. The molecule has 16 heavy (non-hydrogen) atoms. The Morgan fingerprint density at radius 1 is 1.25 bits per heavy atom. The monoisotopic (exact) mass is 230 g/mol. The molecular formula is C13H26O3. The van der Waals surface area contributed by atoms with Gasteiger partial charge in [0.2, 0.25) is 0 Å². The van der Waals surface area contributed by atoms with Gasteiger partial charge in [0.15, 0.2) is 6.29 Å². The molecule has 0 radical (unpaired) electrons. The maximum atomic E-state index is 9.22. The van der Waals surface area contributed by atoms with Gasteiger partial charge in [-0.25, -0.2) is 0 Å². The van der Waals surface area contributed by atoms with Crippen molar-refractivity contribution in [2.24, 2.45) is 17.8 Å². The summed E-state index contributed by atoms with van der Waals surface area (Å²) >= 11 is 0. The third-order valence-electron chi connectivity index (χ3n) is 3.32. The SMILES string of the molecule is CC(C)O[C@H]1O[C@H]([C@@H](C)CO)[C@@H](C)C[C@H]1C. The number of aliphatic hydroxyl groups is 1. The molecule has 0 spiro atoms. The summed E-state index contributed by atoms with van der Waals surface area (Å²) in [5.41, 5.74) is 0. The molecule has 1 N–H and O–H groups in total. The lowest BCUT2D eigenvalue weighted by Gasteiger charge is -2.41. The molecule has 5 atom stereocenters. The number of hydrogen-bond donors (Lipinski definition) is 1. The molecule has 0 aromatic rings. The Morgan fingerprint density at radius 3 is 2.38 bits per heavy atom. The van der Waals surface area contributed by atoms with E-state index in [1.54, 1.807) is 0 Å². The van der Waals surface area contributed by atoms with Gasteiger partial charge in [-0.3, -0.25) is 0 Å². The summed E-state index contributed by atoms with van der Waals surface area (Å²) in [7, 11) is 0. The third kappa shape index (κ3) is 3.44. The van der Waals surface area contributed by atoms with Crippen LogP contribution in [-0.2, 0) is 9.47 Å². The van der Waals surface area contributed by atoms with E-state index in [9.17, 15) is 5.11 Å². The predicted molar refractivity (Wildman–Crippen MR) is 64.1 cm³/mol. The van der Waals surface area contributed by atoms with E-state index in [0.29, 0.717) is 11.8 Å². The van der Waals surface area contributed by atoms with Crippen LogP contribution in [0.25, 0.3) is 0 Å². The third-order valence-corrected chi connectivity index (χ3v) is 3.32. The predicted octanol–water partition coefficient (Wildman–Crippen LogP) is 2.43. The Hall–Kier alpha value is -0.120. The van der Waals surface area contributed by atoms with E-state index in [-0.39, 0.29) is 31.0 Å². The van der Waals surface area contributed by atoms with Crippen LogP contribution in [0.15, 0.2) is 0 Å². The first-order chi connectivity index (χ1) is 7.45. The Kier molecular flexibility index (Phi) is 5.22. The van der Waals surface area contributed by atoms with Crippen molar-refractivity contribution in [3.8, 4) is 0 Å². The maximum Gasteiger partial charge on any atom is 0.160 e. The number of ether oxygens (including phenoxy) is 2. The first-order valence-electron chi connectivity index (χ1n) is 6.37. The largest absolute Gasteiger partial charge is 0.396 e. The van der Waals surface area contributed by atoms with Gasteiger partial charge < -0.3 is 14.6 Å². The Labute approximate surface area is 99.1 Å². The first kappa shape index (κ1) is 13.9. The van der Waals surface area contributed by atoms with Gasteiger partial charge >= 0.3 is 0 Å². The lowest BCUT2D eigenvalue weighted by atomic mass is 9.84. The van der Waals surface area contributed by atoms with Gasteiger partial charge in [-0.1, -0.05) is 20.8 Å². The highest BCUT2D eigenvalue weighted by molar-refractivity contribution is 4.80. The van der Waals surface area contributed by atoms with Crippen LogP contribution in [0.3, 0.4) is 0 Å². The van der Waals surface area contributed by atoms with Crippen LogP contribution in [0.1, 0.15) is 41.0 Å². The second-order valence-corrected chi connectivity index (χ2v) is 5.50. The standard InChI is InChI=1S/C13H26O3/c1-8(2)15-13-10(4)6-9(3)12(16-13)11(5)7-14/h8-14H,6-7H2,1-5H3/t9-,10+,11-,12-,13-/m0/s1. The maximum absolute atomic E-state index is 9.22. The van der Waals surface area contributed by atoms with Crippen LogP contribution in [0.2, 0.25) is 0 Å². The van der Waals surface area contributed by atoms with Crippen molar-refractivity contribution in [2.45, 2.75) is 59.5 Å². The van der Waals surface area contributed by atoms with Crippen molar-refractivity contribution in [1.82, 2.24) is 0 Å². The highest BCUT2D eigenvalue weighted by atomic mass is 16.7. The second-order valence-electron chi connectivity index (χ2n) is 5.50. The van der Waals surface area contributed by atoms with E-state index >= 15 is 0 Å². The summed E-state index contributed by atoms with van der Waals surface area (Å²) < 4.78 is 11.8. The zero-order valence-corrected chi connectivity index (χ0v) is 11.1. The molecule has 0 unspecified atom stereocenters. The smallest absolute Gasteiger partial charge is 0.160 e. The van der Waals surface area contributed by atoms with Crippen molar-refractivity contribution < 1.29 is 14.6 Å². The van der Waals surface area contributed by atoms with Crippen LogP contribution in [0.4, 0.5) is 0 Å². The molecule has 3 heteroatoms. The summed E-state index contributed by atoms with van der Waals surface area (Å²) in [6, 6.07) is 0. The number of rotatable bonds is 4. The van der Waals surface area contributed by atoms with Crippen molar-refractivity contribution >= 4 is 0 Å². The van der Waals surface area contributed by atoms with Crippen molar-refractivity contribution in [1.29, 1.82) is 0 Å². The number of hydrogen-bond acceptors (Lipinski definition) is 3. The average Bonchev–Trinajstić information content (AvgIpc) is 2.20. The van der Waals surface area contributed by atoms with Gasteiger partial charge in [-0.15, -0.1) is 0 Å². The van der Waals surface area contributed by atoms with Crippen molar-refractivity contribution in [3.63, 3.8) is 0 Å². The van der Waals surface area contributed by atoms with Crippen LogP contribution < -0.4 is 0 Å². The van der Waals surface area contributed by atoms with Crippen LogP contribution in [0, 0.1) is 17.8 Å². The molecule has 96 valence electrons. The summed E-state index contributed by atoms with van der Waals surface area (Å²) in [5.74, 6) is 1.10. The lowest BCUT2D eigenvalue weighted by Crippen LogP contribution is -2.45. The first-order valence-corrected chi connectivity index (χ1v) is 6.37. The average molecular weight is 230 g/mol. The molecule has 0 aromatic heterocycles. The van der Waals surface area contributed by atoms with Gasteiger partial charge in [0.05, 0.1) is 12.2 Å².